The molecule has 31 heavy (non-hydrogen) atoms. The average molecular weight is 429 g/mol. The number of hydrogen-bond acceptors (Lipinski definition) is 4. The van der Waals surface area contributed by atoms with Crippen LogP contribution in [-0.4, -0.2) is 26.9 Å². The van der Waals surface area contributed by atoms with Crippen molar-refractivity contribution in [2.24, 2.45) is 4.99 Å². The van der Waals surface area contributed by atoms with Crippen LogP contribution in [-0.2, 0) is 4.79 Å². The number of aliphatic imine (C=N–C) groups is 1. The van der Waals surface area contributed by atoms with Crippen LogP contribution in [0.4, 0.5) is 0 Å². The minimum atomic E-state index is -0.0935. The zero-order valence-electron chi connectivity index (χ0n) is 17.4. The van der Waals surface area contributed by atoms with Crippen molar-refractivity contribution < 1.29 is 4.79 Å². The Kier molecular flexibility index (Phi) is 5.47. The highest BCUT2D eigenvalue weighted by molar-refractivity contribution is 8.18. The molecule has 1 aliphatic heterocycles. The Morgan fingerprint density at radius 1 is 1.10 bits per heavy atom. The summed E-state index contributed by atoms with van der Waals surface area (Å²) in [5.41, 5.74) is 4.96. The lowest BCUT2D eigenvalue weighted by Crippen LogP contribution is -2.21. The number of rotatable bonds is 4. The molecule has 2 heterocycles. The fraction of sp³-hybridized carbons (Fsp3) is 0.240. The molecule has 6 heteroatoms. The van der Waals surface area contributed by atoms with E-state index in [4.69, 9.17) is 10.1 Å². The standard InChI is InChI=1S/C25H24N4OS/c1-17-11-13-18(14-12-17)23-19(16-29(28-23)21-9-3-2-4-10-21)15-22-24(30)27-25(31-22)26-20-7-5-6-8-20/h2-4,9-16,20H,5-8H2,1H3,(H,26,27,30)/b22-15-. The first kappa shape index (κ1) is 19.8. The molecule has 0 radical (unpaired) electrons. The Bertz CT molecular complexity index is 1160. The fourth-order valence-corrected chi connectivity index (χ4v) is 4.85. The van der Waals surface area contributed by atoms with Gasteiger partial charge in [-0.15, -0.1) is 0 Å². The second kappa shape index (κ2) is 8.55. The minimum Gasteiger partial charge on any atom is -0.301 e. The summed E-state index contributed by atoms with van der Waals surface area (Å²) in [6, 6.07) is 18.7. The molecule has 0 bridgehead atoms. The number of aromatic nitrogens is 2. The summed E-state index contributed by atoms with van der Waals surface area (Å²) in [6.45, 7) is 2.07. The predicted molar refractivity (Wildman–Crippen MR) is 127 cm³/mol. The van der Waals surface area contributed by atoms with Gasteiger partial charge in [-0.25, -0.2) is 4.68 Å². The van der Waals surface area contributed by atoms with Crippen molar-refractivity contribution in [3.05, 3.63) is 76.8 Å². The average Bonchev–Trinajstić information content (AvgIpc) is 3.51. The van der Waals surface area contributed by atoms with E-state index >= 15 is 0 Å². The molecule has 1 N–H and O–H groups in total. The maximum Gasteiger partial charge on any atom is 0.264 e. The SMILES string of the molecule is Cc1ccc(-c2nn(-c3ccccc3)cc2/C=C2\SC(=NC3CCCC3)NC2=O)cc1. The van der Waals surface area contributed by atoms with E-state index in [0.29, 0.717) is 10.9 Å². The lowest BCUT2D eigenvalue weighted by Gasteiger charge is -2.02. The van der Waals surface area contributed by atoms with Crippen molar-refractivity contribution in [1.29, 1.82) is 0 Å². The summed E-state index contributed by atoms with van der Waals surface area (Å²) >= 11 is 1.43. The smallest absolute Gasteiger partial charge is 0.264 e. The van der Waals surface area contributed by atoms with Crippen molar-refractivity contribution >= 4 is 28.9 Å². The second-order valence-electron chi connectivity index (χ2n) is 8.02. The third-order valence-electron chi connectivity index (χ3n) is 5.65. The van der Waals surface area contributed by atoms with Gasteiger partial charge >= 0.3 is 0 Å². The van der Waals surface area contributed by atoms with Crippen LogP contribution in [0.15, 0.2) is 70.7 Å². The Morgan fingerprint density at radius 2 is 1.84 bits per heavy atom. The van der Waals surface area contributed by atoms with Gasteiger partial charge in [0, 0.05) is 17.3 Å². The third kappa shape index (κ3) is 4.35. The molecule has 0 spiro atoms. The topological polar surface area (TPSA) is 59.3 Å². The van der Waals surface area contributed by atoms with Crippen molar-refractivity contribution in [2.75, 3.05) is 0 Å². The van der Waals surface area contributed by atoms with Gasteiger partial charge in [0.25, 0.3) is 5.91 Å². The quantitative estimate of drug-likeness (QED) is 0.570. The van der Waals surface area contributed by atoms with E-state index in [2.05, 4.69) is 36.5 Å². The molecule has 2 aromatic carbocycles. The second-order valence-corrected chi connectivity index (χ2v) is 9.05. The van der Waals surface area contributed by atoms with Gasteiger partial charge in [-0.05, 0) is 49.7 Å². The molecule has 3 aromatic rings. The third-order valence-corrected chi connectivity index (χ3v) is 6.57. The van der Waals surface area contributed by atoms with Crippen LogP contribution >= 0.6 is 11.8 Å². The van der Waals surface area contributed by atoms with E-state index in [1.807, 2.05) is 47.3 Å². The van der Waals surface area contributed by atoms with E-state index in [1.54, 1.807) is 0 Å². The zero-order valence-corrected chi connectivity index (χ0v) is 18.2. The van der Waals surface area contributed by atoms with Crippen LogP contribution in [0.5, 0.6) is 0 Å². The van der Waals surface area contributed by atoms with Crippen LogP contribution in [0.2, 0.25) is 0 Å². The van der Waals surface area contributed by atoms with E-state index in [9.17, 15) is 4.79 Å². The van der Waals surface area contributed by atoms with Crippen LogP contribution in [0.25, 0.3) is 23.0 Å². The number of carbonyl (C=O) groups excluding carboxylic acids is 1. The number of nitrogens with one attached hydrogen (secondary N) is 1. The van der Waals surface area contributed by atoms with E-state index < -0.39 is 0 Å². The molecule has 5 nitrogen and oxygen atoms in total. The zero-order chi connectivity index (χ0) is 21.2. The molecule has 1 amide bonds. The number of benzene rings is 2. The van der Waals surface area contributed by atoms with Gasteiger partial charge in [0.2, 0.25) is 0 Å². The number of carbonyl (C=O) groups is 1. The molecular weight excluding hydrogens is 404 g/mol. The van der Waals surface area contributed by atoms with Crippen LogP contribution in [0.3, 0.4) is 0 Å². The predicted octanol–water partition coefficient (Wildman–Crippen LogP) is 5.35. The summed E-state index contributed by atoms with van der Waals surface area (Å²) in [4.78, 5) is 18.0. The van der Waals surface area contributed by atoms with E-state index in [-0.39, 0.29) is 5.91 Å². The number of amidine groups is 1. The van der Waals surface area contributed by atoms with E-state index in [0.717, 1.165) is 40.5 Å². The van der Waals surface area contributed by atoms with Gasteiger partial charge < -0.3 is 5.32 Å². The molecule has 0 atom stereocenters. The van der Waals surface area contributed by atoms with Crippen LogP contribution in [0.1, 0.15) is 36.8 Å². The first-order valence-electron chi connectivity index (χ1n) is 10.7. The number of hydrogen-bond donors (Lipinski definition) is 1. The molecule has 1 aliphatic carbocycles. The summed E-state index contributed by atoms with van der Waals surface area (Å²) in [5.74, 6) is -0.0935. The molecule has 1 saturated carbocycles. The maximum atomic E-state index is 12.6. The van der Waals surface area contributed by atoms with Crippen LogP contribution < -0.4 is 5.32 Å². The van der Waals surface area contributed by atoms with Crippen LogP contribution in [0, 0.1) is 6.92 Å². The Labute approximate surface area is 186 Å². The molecule has 2 aliphatic rings. The maximum absolute atomic E-state index is 12.6. The number of aryl methyl sites for hydroxylation is 1. The van der Waals surface area contributed by atoms with Crippen molar-refractivity contribution in [3.63, 3.8) is 0 Å². The van der Waals surface area contributed by atoms with Gasteiger partial charge in [0.1, 0.15) is 0 Å². The molecule has 156 valence electrons. The molecule has 1 aromatic heterocycles. The summed E-state index contributed by atoms with van der Waals surface area (Å²) in [7, 11) is 0. The Hall–Kier alpha value is -3.12. The number of para-hydroxylation sites is 1. The lowest BCUT2D eigenvalue weighted by molar-refractivity contribution is -0.115. The van der Waals surface area contributed by atoms with Crippen molar-refractivity contribution in [2.45, 2.75) is 38.6 Å². The minimum absolute atomic E-state index is 0.0935. The molecule has 2 fully saturated rings. The normalized spacial score (nSPS) is 19.5. The molecular formula is C25H24N4OS. The fourth-order valence-electron chi connectivity index (χ4n) is 3.97. The van der Waals surface area contributed by atoms with Crippen molar-refractivity contribution in [3.8, 4) is 16.9 Å². The first-order valence-corrected chi connectivity index (χ1v) is 11.5. The summed E-state index contributed by atoms with van der Waals surface area (Å²) in [6.07, 6.45) is 8.58. The monoisotopic (exact) mass is 428 g/mol. The van der Waals surface area contributed by atoms with Gasteiger partial charge in [0.15, 0.2) is 5.17 Å². The highest BCUT2D eigenvalue weighted by Gasteiger charge is 2.26. The Morgan fingerprint density at radius 3 is 2.58 bits per heavy atom. The van der Waals surface area contributed by atoms with Gasteiger partial charge in [-0.3, -0.25) is 9.79 Å². The Balaban J connectivity index is 1.52. The van der Waals surface area contributed by atoms with E-state index in [1.165, 1.54) is 30.2 Å². The largest absolute Gasteiger partial charge is 0.301 e. The highest BCUT2D eigenvalue weighted by atomic mass is 32.2. The molecule has 1 saturated heterocycles. The lowest BCUT2D eigenvalue weighted by atomic mass is 10.1. The molecule has 0 unspecified atom stereocenters. The van der Waals surface area contributed by atoms with Gasteiger partial charge in [-0.1, -0.05) is 60.9 Å². The first-order chi connectivity index (χ1) is 15.2. The van der Waals surface area contributed by atoms with Crippen molar-refractivity contribution in [1.82, 2.24) is 15.1 Å². The highest BCUT2D eigenvalue weighted by Crippen LogP contribution is 2.32. The number of nitrogens with zero attached hydrogens (tertiary/aromatic N) is 3. The van der Waals surface area contributed by atoms with Gasteiger partial charge in [-0.2, -0.15) is 5.10 Å². The van der Waals surface area contributed by atoms with Gasteiger partial charge in [0.05, 0.1) is 22.3 Å². The molecule has 5 rings (SSSR count). The number of amides is 1. The number of thioether (sulfide) groups is 1. The summed E-state index contributed by atoms with van der Waals surface area (Å²) in [5, 5.41) is 8.50. The summed E-state index contributed by atoms with van der Waals surface area (Å²) < 4.78 is 1.87.